The number of rotatable bonds is 5. The molecular formula is C16H24N6O2. The van der Waals surface area contributed by atoms with Gasteiger partial charge in [-0.15, -0.1) is 5.10 Å². The predicted octanol–water partition coefficient (Wildman–Crippen LogP) is 1.54. The summed E-state index contributed by atoms with van der Waals surface area (Å²) in [5.41, 5.74) is -0.415. The number of nitrogens with zero attached hydrogens (tertiary/aromatic N) is 6. The lowest BCUT2D eigenvalue weighted by molar-refractivity contribution is 0.0174. The Balaban J connectivity index is 1.81. The van der Waals surface area contributed by atoms with Gasteiger partial charge in [-0.05, 0) is 33.6 Å². The Morgan fingerprint density at radius 3 is 2.92 bits per heavy atom. The Labute approximate surface area is 141 Å². The second-order valence-corrected chi connectivity index (χ2v) is 6.38. The number of β-amino-alcohol motifs (C(OH)–C–C–N with tert-alkyl or cyclic N) is 1. The fourth-order valence-electron chi connectivity index (χ4n) is 2.91. The molecule has 1 N–H and O–H groups in total. The molecule has 1 fully saturated rings. The quantitative estimate of drug-likeness (QED) is 0.888. The Morgan fingerprint density at radius 1 is 1.38 bits per heavy atom. The summed E-state index contributed by atoms with van der Waals surface area (Å²) in [4.78, 5) is 10.5. The van der Waals surface area contributed by atoms with Gasteiger partial charge >= 0.3 is 0 Å². The maximum atomic E-state index is 11.1. The van der Waals surface area contributed by atoms with Crippen molar-refractivity contribution in [2.45, 2.75) is 45.3 Å². The molecule has 1 atom stereocenters. The van der Waals surface area contributed by atoms with E-state index in [4.69, 9.17) is 4.74 Å². The van der Waals surface area contributed by atoms with Gasteiger partial charge in [0.15, 0.2) is 0 Å². The van der Waals surface area contributed by atoms with Crippen LogP contribution in [-0.2, 0) is 5.60 Å². The lowest BCUT2D eigenvalue weighted by Crippen LogP contribution is -2.46. The van der Waals surface area contributed by atoms with Crippen LogP contribution in [0.4, 0.5) is 5.82 Å². The molecular weight excluding hydrogens is 308 g/mol. The highest BCUT2D eigenvalue weighted by Crippen LogP contribution is 2.32. The number of hydrogen-bond donors (Lipinski definition) is 1. The lowest BCUT2D eigenvalue weighted by atomic mass is 9.90. The summed E-state index contributed by atoms with van der Waals surface area (Å²) in [5.74, 6) is 1.30. The fraction of sp³-hybridized carbons (Fsp3) is 0.625. The van der Waals surface area contributed by atoms with Gasteiger partial charge in [0, 0.05) is 18.7 Å². The number of hydrogen-bond acceptors (Lipinski definition) is 7. The van der Waals surface area contributed by atoms with E-state index in [1.165, 1.54) is 6.33 Å². The van der Waals surface area contributed by atoms with Crippen LogP contribution < -0.4 is 9.64 Å². The van der Waals surface area contributed by atoms with Crippen LogP contribution in [0.5, 0.6) is 5.88 Å². The number of aliphatic hydroxyl groups is 1. The van der Waals surface area contributed by atoms with Crippen molar-refractivity contribution >= 4 is 5.82 Å². The van der Waals surface area contributed by atoms with E-state index in [1.807, 2.05) is 31.9 Å². The first-order chi connectivity index (χ1) is 11.5. The molecule has 24 heavy (non-hydrogen) atoms. The Morgan fingerprint density at radius 2 is 2.21 bits per heavy atom. The van der Waals surface area contributed by atoms with Crippen molar-refractivity contribution in [2.75, 3.05) is 24.6 Å². The highest BCUT2D eigenvalue weighted by atomic mass is 16.5. The van der Waals surface area contributed by atoms with E-state index in [-0.39, 0.29) is 6.04 Å². The van der Waals surface area contributed by atoms with Gasteiger partial charge in [-0.2, -0.15) is 0 Å². The van der Waals surface area contributed by atoms with Crippen molar-refractivity contribution in [2.24, 2.45) is 0 Å². The third kappa shape index (κ3) is 3.33. The van der Waals surface area contributed by atoms with Crippen molar-refractivity contribution in [3.63, 3.8) is 0 Å². The number of anilines is 1. The lowest BCUT2D eigenvalue weighted by Gasteiger charge is -2.38. The molecule has 2 aromatic rings. The molecule has 3 rings (SSSR count). The molecule has 1 aliphatic heterocycles. The first-order valence-electron chi connectivity index (χ1n) is 8.36. The van der Waals surface area contributed by atoms with E-state index < -0.39 is 5.60 Å². The summed E-state index contributed by atoms with van der Waals surface area (Å²) < 4.78 is 7.21. The normalized spacial score (nSPS) is 21.3. The van der Waals surface area contributed by atoms with Gasteiger partial charge in [-0.25, -0.2) is 14.6 Å². The Bertz CT molecular complexity index is 689. The Hall–Kier alpha value is -2.22. The van der Waals surface area contributed by atoms with Crippen molar-refractivity contribution in [1.29, 1.82) is 0 Å². The van der Waals surface area contributed by atoms with Crippen LogP contribution in [-0.4, -0.2) is 49.8 Å². The highest BCUT2D eigenvalue weighted by molar-refractivity contribution is 5.42. The molecule has 130 valence electrons. The summed E-state index contributed by atoms with van der Waals surface area (Å²) in [6.07, 6.45) is 4.82. The van der Waals surface area contributed by atoms with Gasteiger partial charge in [0.25, 0.3) is 0 Å². The largest absolute Gasteiger partial charge is 0.478 e. The van der Waals surface area contributed by atoms with Gasteiger partial charge in [0.05, 0.1) is 19.3 Å². The van der Waals surface area contributed by atoms with Crippen molar-refractivity contribution < 1.29 is 9.84 Å². The molecule has 8 nitrogen and oxygen atoms in total. The second-order valence-electron chi connectivity index (χ2n) is 6.38. The number of aromatic nitrogens is 5. The zero-order valence-corrected chi connectivity index (χ0v) is 14.4. The molecule has 0 unspecified atom stereocenters. The van der Waals surface area contributed by atoms with Gasteiger partial charge < -0.3 is 14.7 Å². The summed E-state index contributed by atoms with van der Waals surface area (Å²) in [6.45, 7) is 7.78. The molecule has 0 bridgehead atoms. The molecule has 0 spiro atoms. The van der Waals surface area contributed by atoms with Gasteiger partial charge in [-0.1, -0.05) is 5.21 Å². The molecule has 2 aromatic heterocycles. The zero-order valence-electron chi connectivity index (χ0n) is 14.4. The molecule has 1 saturated heterocycles. The molecule has 3 heterocycles. The summed E-state index contributed by atoms with van der Waals surface area (Å²) in [7, 11) is 0. The van der Waals surface area contributed by atoms with E-state index in [9.17, 15) is 5.11 Å². The molecule has 8 heteroatoms. The van der Waals surface area contributed by atoms with Crippen LogP contribution in [0.15, 0.2) is 18.6 Å². The van der Waals surface area contributed by atoms with Crippen LogP contribution in [0.1, 0.15) is 45.3 Å². The highest BCUT2D eigenvalue weighted by Gasteiger charge is 2.38. The van der Waals surface area contributed by atoms with Crippen LogP contribution in [0.2, 0.25) is 0 Å². The molecule has 1 aliphatic rings. The minimum absolute atomic E-state index is 0.213. The van der Waals surface area contributed by atoms with Crippen molar-refractivity contribution in [3.05, 3.63) is 24.3 Å². The van der Waals surface area contributed by atoms with E-state index in [1.54, 1.807) is 10.7 Å². The van der Waals surface area contributed by atoms with Crippen molar-refractivity contribution in [3.8, 4) is 5.88 Å². The smallest absolute Gasteiger partial charge is 0.218 e. The predicted molar refractivity (Wildman–Crippen MR) is 89.0 cm³/mol. The zero-order chi connectivity index (χ0) is 17.2. The molecule has 0 aromatic carbocycles. The van der Waals surface area contributed by atoms with Gasteiger partial charge in [-0.3, -0.25) is 0 Å². The molecule has 0 radical (unpaired) electrons. The van der Waals surface area contributed by atoms with Crippen LogP contribution in [0.25, 0.3) is 0 Å². The van der Waals surface area contributed by atoms with E-state index in [0.29, 0.717) is 31.1 Å². The Kier molecular flexibility index (Phi) is 4.66. The maximum absolute atomic E-state index is 11.1. The first-order valence-corrected chi connectivity index (χ1v) is 8.36. The van der Waals surface area contributed by atoms with E-state index in [0.717, 1.165) is 18.8 Å². The molecule has 0 amide bonds. The van der Waals surface area contributed by atoms with E-state index >= 15 is 0 Å². The van der Waals surface area contributed by atoms with Crippen LogP contribution >= 0.6 is 0 Å². The average molecular weight is 332 g/mol. The standard InChI is InChI=1S/C16H24N6O2/c1-4-24-15-8-14(17-11-18-15)21-7-5-6-16(23,10-21)13-9-22(12(2)3)20-19-13/h8-9,11-12,23H,4-7,10H2,1-3H3/t16-/m0/s1. The minimum atomic E-state index is -1.03. The first kappa shape index (κ1) is 16.6. The maximum Gasteiger partial charge on any atom is 0.218 e. The topological polar surface area (TPSA) is 89.2 Å². The van der Waals surface area contributed by atoms with Crippen LogP contribution in [0.3, 0.4) is 0 Å². The third-order valence-corrected chi connectivity index (χ3v) is 4.23. The molecule has 0 aliphatic carbocycles. The van der Waals surface area contributed by atoms with Gasteiger partial charge in [0.1, 0.15) is 23.4 Å². The number of piperidine rings is 1. The van der Waals surface area contributed by atoms with Crippen LogP contribution in [0, 0.1) is 0 Å². The van der Waals surface area contributed by atoms with E-state index in [2.05, 4.69) is 20.3 Å². The SMILES string of the molecule is CCOc1cc(N2CCC[C@@](O)(c3cn(C(C)C)nn3)C2)ncn1. The summed E-state index contributed by atoms with van der Waals surface area (Å²) >= 11 is 0. The second kappa shape index (κ2) is 6.72. The number of ether oxygens (including phenoxy) is 1. The summed E-state index contributed by atoms with van der Waals surface area (Å²) in [5, 5.41) is 19.4. The molecule has 0 saturated carbocycles. The monoisotopic (exact) mass is 332 g/mol. The average Bonchev–Trinajstić information content (AvgIpc) is 3.07. The summed E-state index contributed by atoms with van der Waals surface area (Å²) in [6, 6.07) is 2.02. The third-order valence-electron chi connectivity index (χ3n) is 4.23. The van der Waals surface area contributed by atoms with Gasteiger partial charge in [0.2, 0.25) is 5.88 Å². The van der Waals surface area contributed by atoms with Crippen molar-refractivity contribution in [1.82, 2.24) is 25.0 Å². The minimum Gasteiger partial charge on any atom is -0.478 e. The fourth-order valence-corrected chi connectivity index (χ4v) is 2.91.